The molecule has 1 rings (SSSR count). The topological polar surface area (TPSA) is 66.4 Å². The van der Waals surface area contributed by atoms with E-state index in [4.69, 9.17) is 9.47 Å². The Morgan fingerprint density at radius 1 is 1.09 bits per heavy atom. The molecule has 0 radical (unpaired) electrons. The van der Waals surface area contributed by atoms with E-state index in [1.807, 2.05) is 20.8 Å². The van der Waals surface area contributed by atoms with E-state index >= 15 is 0 Å². The number of hydrogen-bond acceptors (Lipinski definition) is 4. The molecule has 0 unspecified atom stereocenters. The summed E-state index contributed by atoms with van der Waals surface area (Å²) in [7, 11) is 0. The molecule has 130 valence electrons. The van der Waals surface area contributed by atoms with Crippen molar-refractivity contribution in [3.05, 3.63) is 0 Å². The summed E-state index contributed by atoms with van der Waals surface area (Å²) in [5, 5.41) is 3.28. The van der Waals surface area contributed by atoms with Gasteiger partial charge in [0.2, 0.25) is 0 Å². The normalized spacial score (nSPS) is 15.3. The average Bonchev–Trinajstić information content (AvgIpc) is 2.51. The van der Waals surface area contributed by atoms with Crippen LogP contribution in [0.25, 0.3) is 0 Å². The van der Waals surface area contributed by atoms with Gasteiger partial charge in [0.1, 0.15) is 0 Å². The van der Waals surface area contributed by atoms with E-state index in [1.54, 1.807) is 4.90 Å². The molecule has 1 amide bonds. The van der Waals surface area contributed by atoms with E-state index in [0.717, 1.165) is 25.6 Å². The van der Waals surface area contributed by atoms with Crippen LogP contribution in [0.2, 0.25) is 0 Å². The van der Waals surface area contributed by atoms with Gasteiger partial charge in [0.25, 0.3) is 0 Å². The Hall–Kier alpha value is -0.770. The predicted octanol–water partition coefficient (Wildman–Crippen LogP) is 1.38. The number of guanidine groups is 1. The van der Waals surface area contributed by atoms with Crippen LogP contribution >= 0.6 is 24.0 Å². The highest BCUT2D eigenvalue weighted by Crippen LogP contribution is 2.04. The molecule has 7 nitrogen and oxygen atoms in total. The Morgan fingerprint density at radius 3 is 2.27 bits per heavy atom. The number of hydrogen-bond donors (Lipinski definition) is 1. The molecule has 1 saturated heterocycles. The fourth-order valence-corrected chi connectivity index (χ4v) is 2.10. The number of aliphatic imine (C=N–C) groups is 1. The van der Waals surface area contributed by atoms with Gasteiger partial charge in [-0.05, 0) is 20.8 Å². The fourth-order valence-electron chi connectivity index (χ4n) is 2.10. The van der Waals surface area contributed by atoms with E-state index in [2.05, 4.69) is 15.2 Å². The van der Waals surface area contributed by atoms with Gasteiger partial charge < -0.3 is 24.6 Å². The van der Waals surface area contributed by atoms with Crippen molar-refractivity contribution in [1.29, 1.82) is 0 Å². The lowest BCUT2D eigenvalue weighted by Crippen LogP contribution is -2.54. The highest BCUT2D eigenvalue weighted by molar-refractivity contribution is 14.0. The van der Waals surface area contributed by atoms with Crippen molar-refractivity contribution >= 4 is 36.0 Å². The second-order valence-electron chi connectivity index (χ2n) is 4.61. The molecule has 22 heavy (non-hydrogen) atoms. The zero-order valence-electron chi connectivity index (χ0n) is 13.8. The minimum absolute atomic E-state index is 0. The molecule has 0 bridgehead atoms. The van der Waals surface area contributed by atoms with Crippen LogP contribution in [-0.2, 0) is 9.47 Å². The van der Waals surface area contributed by atoms with Gasteiger partial charge in [-0.25, -0.2) is 4.79 Å². The van der Waals surface area contributed by atoms with Crippen LogP contribution in [0, 0.1) is 0 Å². The molecule has 1 heterocycles. The molecular formula is C14H29IN4O3. The van der Waals surface area contributed by atoms with Crippen molar-refractivity contribution in [3.63, 3.8) is 0 Å². The largest absolute Gasteiger partial charge is 0.450 e. The first kappa shape index (κ1) is 21.2. The van der Waals surface area contributed by atoms with Crippen molar-refractivity contribution in [2.75, 3.05) is 59.1 Å². The van der Waals surface area contributed by atoms with Crippen molar-refractivity contribution < 1.29 is 14.3 Å². The molecule has 8 heteroatoms. The molecule has 0 spiro atoms. The van der Waals surface area contributed by atoms with E-state index in [-0.39, 0.29) is 30.1 Å². The third-order valence-corrected chi connectivity index (χ3v) is 3.14. The highest BCUT2D eigenvalue weighted by atomic mass is 127. The zero-order valence-corrected chi connectivity index (χ0v) is 16.2. The van der Waals surface area contributed by atoms with Gasteiger partial charge in [-0.15, -0.1) is 24.0 Å². The maximum absolute atomic E-state index is 11.7. The van der Waals surface area contributed by atoms with Crippen LogP contribution in [0.3, 0.4) is 0 Å². The standard InChI is InChI=1S/C14H28N4O3.HI/c1-4-15-13(16-7-12-20-5-2)17-8-10-18(11-9-17)14(19)21-6-3;/h4-12H2,1-3H3,(H,15,16);1H. The Morgan fingerprint density at radius 2 is 1.73 bits per heavy atom. The summed E-state index contributed by atoms with van der Waals surface area (Å²) in [6, 6.07) is 0. The van der Waals surface area contributed by atoms with Crippen molar-refractivity contribution in [2.24, 2.45) is 4.99 Å². The lowest BCUT2D eigenvalue weighted by Gasteiger charge is -2.35. The molecule has 1 N–H and O–H groups in total. The molecule has 0 aliphatic carbocycles. The number of halogens is 1. The summed E-state index contributed by atoms with van der Waals surface area (Å²) in [5.41, 5.74) is 0. The number of amides is 1. The van der Waals surface area contributed by atoms with Crippen LogP contribution in [0.1, 0.15) is 20.8 Å². The maximum atomic E-state index is 11.7. The Kier molecular flexibility index (Phi) is 12.3. The average molecular weight is 428 g/mol. The third kappa shape index (κ3) is 7.48. The van der Waals surface area contributed by atoms with Crippen molar-refractivity contribution in [3.8, 4) is 0 Å². The van der Waals surface area contributed by atoms with Crippen molar-refractivity contribution in [1.82, 2.24) is 15.1 Å². The van der Waals surface area contributed by atoms with Crippen LogP contribution in [-0.4, -0.2) is 80.9 Å². The maximum Gasteiger partial charge on any atom is 0.409 e. The number of carbonyl (C=O) groups is 1. The van der Waals surface area contributed by atoms with E-state index in [1.165, 1.54) is 0 Å². The first-order valence-electron chi connectivity index (χ1n) is 7.75. The minimum Gasteiger partial charge on any atom is -0.450 e. The molecule has 0 aromatic rings. The summed E-state index contributed by atoms with van der Waals surface area (Å²) in [5.74, 6) is 0.890. The fraction of sp³-hybridized carbons (Fsp3) is 0.857. The smallest absolute Gasteiger partial charge is 0.409 e. The van der Waals surface area contributed by atoms with Gasteiger partial charge in [-0.1, -0.05) is 0 Å². The number of piperazine rings is 1. The Labute approximate surface area is 150 Å². The second-order valence-corrected chi connectivity index (χ2v) is 4.61. The Balaban J connectivity index is 0.00000441. The van der Waals surface area contributed by atoms with E-state index < -0.39 is 0 Å². The quantitative estimate of drug-likeness (QED) is 0.300. The first-order valence-corrected chi connectivity index (χ1v) is 7.75. The number of ether oxygens (including phenoxy) is 2. The van der Waals surface area contributed by atoms with E-state index in [0.29, 0.717) is 39.5 Å². The van der Waals surface area contributed by atoms with Crippen LogP contribution in [0.5, 0.6) is 0 Å². The van der Waals surface area contributed by atoms with Gasteiger partial charge in [0.05, 0.1) is 19.8 Å². The summed E-state index contributed by atoms with van der Waals surface area (Å²) in [6.45, 7) is 11.9. The molecule has 0 aromatic heterocycles. The SMILES string of the molecule is CCNC(=NCCOCC)N1CCN(C(=O)OCC)CC1.I. The third-order valence-electron chi connectivity index (χ3n) is 3.14. The summed E-state index contributed by atoms with van der Waals surface area (Å²) in [6.07, 6.45) is -0.226. The summed E-state index contributed by atoms with van der Waals surface area (Å²) >= 11 is 0. The molecule has 1 aliphatic rings. The van der Waals surface area contributed by atoms with Gasteiger partial charge in [0.15, 0.2) is 5.96 Å². The molecule has 0 atom stereocenters. The lowest BCUT2D eigenvalue weighted by atomic mass is 10.3. The lowest BCUT2D eigenvalue weighted by molar-refractivity contribution is 0.0914. The number of nitrogens with one attached hydrogen (secondary N) is 1. The van der Waals surface area contributed by atoms with Gasteiger partial charge in [0, 0.05) is 39.3 Å². The number of nitrogens with zero attached hydrogens (tertiary/aromatic N) is 3. The van der Waals surface area contributed by atoms with Crippen LogP contribution in [0.15, 0.2) is 4.99 Å². The van der Waals surface area contributed by atoms with Crippen LogP contribution in [0.4, 0.5) is 4.79 Å². The monoisotopic (exact) mass is 428 g/mol. The predicted molar refractivity (Wildman–Crippen MR) is 98.1 cm³/mol. The molecule has 1 fully saturated rings. The highest BCUT2D eigenvalue weighted by Gasteiger charge is 2.23. The van der Waals surface area contributed by atoms with Crippen molar-refractivity contribution in [2.45, 2.75) is 20.8 Å². The van der Waals surface area contributed by atoms with Gasteiger partial charge in [-0.2, -0.15) is 0 Å². The molecule has 1 aliphatic heterocycles. The minimum atomic E-state index is -0.226. The number of rotatable bonds is 6. The summed E-state index contributed by atoms with van der Waals surface area (Å²) < 4.78 is 10.3. The molecule has 0 saturated carbocycles. The number of carbonyl (C=O) groups excluding carboxylic acids is 1. The zero-order chi connectivity index (χ0) is 15.5. The van der Waals surface area contributed by atoms with Gasteiger partial charge in [-0.3, -0.25) is 4.99 Å². The van der Waals surface area contributed by atoms with E-state index in [9.17, 15) is 4.79 Å². The summed E-state index contributed by atoms with van der Waals surface area (Å²) in [4.78, 5) is 20.1. The van der Waals surface area contributed by atoms with Crippen LogP contribution < -0.4 is 5.32 Å². The second kappa shape index (κ2) is 12.7. The molecular weight excluding hydrogens is 399 g/mol. The van der Waals surface area contributed by atoms with Gasteiger partial charge >= 0.3 is 6.09 Å². The molecule has 0 aromatic carbocycles. The first-order chi connectivity index (χ1) is 10.2. The Bertz CT molecular complexity index is 334.